The second-order valence-corrected chi connectivity index (χ2v) is 3.92. The highest BCUT2D eigenvalue weighted by Crippen LogP contribution is 2.08. The molecular weight excluding hydrogens is 224 g/mol. The van der Waals surface area contributed by atoms with Crippen LogP contribution < -0.4 is 0 Å². The van der Waals surface area contributed by atoms with Gasteiger partial charge in [-0.2, -0.15) is 9.68 Å². The Morgan fingerprint density at radius 1 is 1.12 bits per heavy atom. The SMILES string of the molecule is CC(C)(C)OCC(CO[N+](=O)O)O[N+](=O)O. The highest BCUT2D eigenvalue weighted by Gasteiger charge is 2.27. The molecule has 9 heteroatoms. The molecule has 0 aliphatic rings. The van der Waals surface area contributed by atoms with E-state index in [1.165, 1.54) is 0 Å². The highest BCUT2D eigenvalue weighted by atomic mass is 17.0. The van der Waals surface area contributed by atoms with Crippen LogP contribution in [0.1, 0.15) is 20.8 Å². The van der Waals surface area contributed by atoms with E-state index in [0.29, 0.717) is 0 Å². The summed E-state index contributed by atoms with van der Waals surface area (Å²) in [4.78, 5) is 28.7. The van der Waals surface area contributed by atoms with E-state index in [2.05, 4.69) is 9.68 Å². The molecule has 2 N–H and O–H groups in total. The number of nitrogens with zero attached hydrogens (tertiary/aromatic N) is 2. The highest BCUT2D eigenvalue weighted by molar-refractivity contribution is 4.61. The Balaban J connectivity index is 4.10. The molecule has 0 saturated carbocycles. The van der Waals surface area contributed by atoms with Gasteiger partial charge >= 0.3 is 10.2 Å². The maximum Gasteiger partial charge on any atom is 0.475 e. The van der Waals surface area contributed by atoms with Gasteiger partial charge in [0, 0.05) is 0 Å². The molecule has 0 radical (unpaired) electrons. The molecule has 0 bridgehead atoms. The molecule has 0 aromatic rings. The van der Waals surface area contributed by atoms with Crippen molar-refractivity contribution in [3.63, 3.8) is 0 Å². The molecule has 0 rings (SSSR count). The van der Waals surface area contributed by atoms with Gasteiger partial charge < -0.3 is 4.74 Å². The topological polar surface area (TPSA) is 108 Å². The fraction of sp³-hybridized carbons (Fsp3) is 1.00. The van der Waals surface area contributed by atoms with E-state index in [4.69, 9.17) is 15.2 Å². The van der Waals surface area contributed by atoms with Gasteiger partial charge in [-0.1, -0.05) is 0 Å². The Kier molecular flexibility index (Phi) is 5.43. The molecule has 0 heterocycles. The van der Waals surface area contributed by atoms with Crippen molar-refractivity contribution in [3.8, 4) is 0 Å². The van der Waals surface area contributed by atoms with Crippen LogP contribution in [0.2, 0.25) is 0 Å². The average Bonchev–Trinajstić information content (AvgIpc) is 2.07. The molecular formula is C7H16N2O7+2. The van der Waals surface area contributed by atoms with Crippen LogP contribution in [-0.4, -0.2) is 45.5 Å². The summed E-state index contributed by atoms with van der Waals surface area (Å²) in [5, 5.41) is 14.9. The van der Waals surface area contributed by atoms with E-state index in [-0.39, 0.29) is 6.61 Å². The van der Waals surface area contributed by atoms with Crippen molar-refractivity contribution >= 4 is 0 Å². The predicted molar refractivity (Wildman–Crippen MR) is 47.4 cm³/mol. The van der Waals surface area contributed by atoms with Crippen molar-refractivity contribution in [1.29, 1.82) is 0 Å². The fourth-order valence-electron chi connectivity index (χ4n) is 0.726. The van der Waals surface area contributed by atoms with Crippen molar-refractivity contribution in [2.24, 2.45) is 0 Å². The van der Waals surface area contributed by atoms with Gasteiger partial charge in [0.15, 0.2) is 0 Å². The van der Waals surface area contributed by atoms with Gasteiger partial charge in [-0.25, -0.2) is 10.4 Å². The maximum absolute atomic E-state index is 10.2. The third-order valence-electron chi connectivity index (χ3n) is 1.31. The average molecular weight is 240 g/mol. The van der Waals surface area contributed by atoms with Crippen LogP contribution in [0.15, 0.2) is 0 Å². The van der Waals surface area contributed by atoms with E-state index in [0.717, 1.165) is 0 Å². The predicted octanol–water partition coefficient (Wildman–Crippen LogP) is 0.370. The lowest BCUT2D eigenvalue weighted by Crippen LogP contribution is -2.33. The Morgan fingerprint density at radius 3 is 2.06 bits per heavy atom. The molecule has 0 aliphatic carbocycles. The lowest BCUT2D eigenvalue weighted by Gasteiger charge is -2.20. The first kappa shape index (κ1) is 14.4. The molecule has 16 heavy (non-hydrogen) atoms. The Hall–Kier alpha value is -1.64. The standard InChI is InChI=1S/C7H16N2O7/c1-7(2,3)14-4-6(16-9(12)13)5-15-8(10)11/h6H,4-5H2,1-3H3,(H,10,11)(H,12,13)/q+2. The summed E-state index contributed by atoms with van der Waals surface area (Å²) in [7, 11) is 0. The van der Waals surface area contributed by atoms with Crippen molar-refractivity contribution in [2.75, 3.05) is 13.2 Å². The van der Waals surface area contributed by atoms with E-state index >= 15 is 0 Å². The third-order valence-corrected chi connectivity index (χ3v) is 1.31. The smallest absolute Gasteiger partial charge is 0.372 e. The van der Waals surface area contributed by atoms with Crippen molar-refractivity contribution in [1.82, 2.24) is 0 Å². The Morgan fingerprint density at radius 2 is 1.69 bits per heavy atom. The van der Waals surface area contributed by atoms with Gasteiger partial charge in [-0.05, 0) is 20.8 Å². The quantitative estimate of drug-likeness (QED) is 0.619. The van der Waals surface area contributed by atoms with Crippen LogP contribution in [0.25, 0.3) is 0 Å². The molecule has 0 fully saturated rings. The van der Waals surface area contributed by atoms with Gasteiger partial charge in [-0.3, -0.25) is 0 Å². The molecule has 0 amide bonds. The fourth-order valence-corrected chi connectivity index (χ4v) is 0.726. The first-order valence-electron chi connectivity index (χ1n) is 4.46. The van der Waals surface area contributed by atoms with Gasteiger partial charge in [0.05, 0.1) is 12.2 Å². The van der Waals surface area contributed by atoms with Crippen LogP contribution in [0.5, 0.6) is 0 Å². The molecule has 0 aromatic carbocycles. The van der Waals surface area contributed by atoms with Crippen LogP contribution in [0, 0.1) is 9.81 Å². The van der Waals surface area contributed by atoms with Crippen LogP contribution in [0.3, 0.4) is 0 Å². The van der Waals surface area contributed by atoms with Gasteiger partial charge in [0.2, 0.25) is 12.7 Å². The lowest BCUT2D eigenvalue weighted by atomic mass is 10.2. The van der Waals surface area contributed by atoms with E-state index < -0.39 is 28.5 Å². The van der Waals surface area contributed by atoms with Crippen LogP contribution >= 0.6 is 0 Å². The largest absolute Gasteiger partial charge is 0.475 e. The summed E-state index contributed by atoms with van der Waals surface area (Å²) in [5.41, 5.74) is -0.485. The summed E-state index contributed by atoms with van der Waals surface area (Å²) in [6.45, 7) is 4.76. The van der Waals surface area contributed by atoms with E-state index in [9.17, 15) is 9.81 Å². The summed E-state index contributed by atoms with van der Waals surface area (Å²) in [5.74, 6) is 0. The lowest BCUT2D eigenvalue weighted by molar-refractivity contribution is -0.995. The molecule has 0 saturated heterocycles. The first-order valence-corrected chi connectivity index (χ1v) is 4.46. The molecule has 0 spiro atoms. The number of hydrogen-bond donors (Lipinski definition) is 2. The summed E-state index contributed by atoms with van der Waals surface area (Å²) in [6.07, 6.45) is -1.02. The minimum atomic E-state index is -1.02. The van der Waals surface area contributed by atoms with E-state index in [1.54, 1.807) is 20.8 Å². The van der Waals surface area contributed by atoms with Crippen LogP contribution in [0.4, 0.5) is 0 Å². The third kappa shape index (κ3) is 8.94. The second-order valence-electron chi connectivity index (χ2n) is 3.92. The maximum atomic E-state index is 10.2. The van der Waals surface area contributed by atoms with Crippen molar-refractivity contribution in [3.05, 3.63) is 9.81 Å². The van der Waals surface area contributed by atoms with Gasteiger partial charge in [0.1, 0.15) is 9.81 Å². The summed E-state index contributed by atoms with van der Waals surface area (Å²) < 4.78 is 5.24. The van der Waals surface area contributed by atoms with Gasteiger partial charge in [-0.15, -0.1) is 0 Å². The number of rotatable bonds is 7. The number of ether oxygens (including phenoxy) is 1. The minimum Gasteiger partial charge on any atom is -0.372 e. The summed E-state index contributed by atoms with van der Waals surface area (Å²) in [6, 6.07) is 0. The minimum absolute atomic E-state index is 0.101. The monoisotopic (exact) mass is 240 g/mol. The molecule has 0 aromatic heterocycles. The molecule has 0 aliphatic heterocycles. The number of hydrogen-bond acceptors (Lipinski definition) is 5. The van der Waals surface area contributed by atoms with Crippen LogP contribution in [-0.2, 0) is 14.4 Å². The molecule has 1 unspecified atom stereocenters. The molecule has 94 valence electrons. The molecule has 1 atom stereocenters. The van der Waals surface area contributed by atoms with Crippen molar-refractivity contribution < 1.29 is 35.0 Å². The zero-order valence-corrected chi connectivity index (χ0v) is 9.32. The zero-order chi connectivity index (χ0) is 12.8. The Bertz CT molecular complexity index is 250. The summed E-state index contributed by atoms with van der Waals surface area (Å²) >= 11 is 0. The molecule has 9 nitrogen and oxygen atoms in total. The Labute approximate surface area is 91.5 Å². The first-order chi connectivity index (χ1) is 7.20. The van der Waals surface area contributed by atoms with Crippen molar-refractivity contribution in [2.45, 2.75) is 32.5 Å². The van der Waals surface area contributed by atoms with E-state index in [1.807, 2.05) is 0 Å². The normalized spacial score (nSPS) is 12.9. The second kappa shape index (κ2) is 6.05. The van der Waals surface area contributed by atoms with Gasteiger partial charge in [0.25, 0.3) is 0 Å². The zero-order valence-electron chi connectivity index (χ0n) is 9.32.